The summed E-state index contributed by atoms with van der Waals surface area (Å²) in [4.78, 5) is 37.6. The number of likely N-dealkylation sites (N-methyl/N-ethyl adjacent to an activating group) is 1. The van der Waals surface area contributed by atoms with Gasteiger partial charge in [0.1, 0.15) is 13.2 Å². The summed E-state index contributed by atoms with van der Waals surface area (Å²) in [5.41, 5.74) is 0. The summed E-state index contributed by atoms with van der Waals surface area (Å²) in [6, 6.07) is 0. The molecule has 1 N–H and O–H groups in total. The number of carboxylic acid groups (broad SMARTS) is 1. The molecule has 0 aromatic heterocycles. The van der Waals surface area contributed by atoms with Crippen molar-refractivity contribution in [2.24, 2.45) is 0 Å². The maximum Gasteiger partial charge on any atom is 0.361 e. The fraction of sp³-hybridized carbons (Fsp3) is 0.603. The van der Waals surface area contributed by atoms with Crippen molar-refractivity contribution in [3.05, 3.63) is 170 Å². The second-order valence-corrected chi connectivity index (χ2v) is 23.4. The lowest BCUT2D eigenvalue weighted by Gasteiger charge is -2.25. The fourth-order valence-corrected chi connectivity index (χ4v) is 8.80. The number of unbranched alkanes of at least 4 members (excludes halogenated alkanes) is 18. The van der Waals surface area contributed by atoms with E-state index < -0.39 is 24.3 Å². The average Bonchev–Trinajstić information content (AvgIpc) is 3.59. The molecule has 0 aromatic carbocycles. The van der Waals surface area contributed by atoms with Gasteiger partial charge in [-0.05, 0) is 128 Å². The molecule has 0 spiro atoms. The van der Waals surface area contributed by atoms with Crippen LogP contribution in [0.15, 0.2) is 170 Å². The number of esters is 2. The zero-order valence-electron chi connectivity index (χ0n) is 55.9. The number of ether oxygens (including phenoxy) is 4. The number of hydrogen-bond acceptors (Lipinski definition) is 7. The molecule has 87 heavy (non-hydrogen) atoms. The first-order valence-corrected chi connectivity index (χ1v) is 34.3. The molecule has 9 heteroatoms. The molecule has 0 radical (unpaired) electrons. The van der Waals surface area contributed by atoms with Crippen LogP contribution in [0.1, 0.15) is 245 Å². The van der Waals surface area contributed by atoms with Gasteiger partial charge in [-0.2, -0.15) is 0 Å². The van der Waals surface area contributed by atoms with E-state index in [2.05, 4.69) is 184 Å². The highest BCUT2D eigenvalue weighted by Gasteiger charge is 2.25. The number of hydrogen-bond donors (Lipinski definition) is 1. The van der Waals surface area contributed by atoms with E-state index >= 15 is 0 Å². The second kappa shape index (κ2) is 66.6. The van der Waals surface area contributed by atoms with Gasteiger partial charge < -0.3 is 28.5 Å². The minimum atomic E-state index is -1.53. The Hall–Kier alpha value is -5.35. The topological polar surface area (TPSA) is 108 Å². The molecule has 0 saturated heterocycles. The van der Waals surface area contributed by atoms with Gasteiger partial charge in [0.2, 0.25) is 0 Å². The van der Waals surface area contributed by atoms with Crippen molar-refractivity contribution < 1.29 is 42.9 Å². The van der Waals surface area contributed by atoms with Gasteiger partial charge in [0.15, 0.2) is 6.10 Å². The molecule has 9 nitrogen and oxygen atoms in total. The Balaban J connectivity index is 4.25. The highest BCUT2D eigenvalue weighted by Crippen LogP contribution is 2.15. The van der Waals surface area contributed by atoms with Gasteiger partial charge in [-0.1, -0.05) is 274 Å². The van der Waals surface area contributed by atoms with Crippen molar-refractivity contribution in [1.29, 1.82) is 0 Å². The van der Waals surface area contributed by atoms with Gasteiger partial charge in [-0.3, -0.25) is 9.59 Å². The van der Waals surface area contributed by atoms with Gasteiger partial charge >= 0.3 is 17.9 Å². The number of aliphatic carboxylic acids is 1. The van der Waals surface area contributed by atoms with E-state index in [1.54, 1.807) is 0 Å². The van der Waals surface area contributed by atoms with Crippen LogP contribution < -0.4 is 0 Å². The third-order valence-electron chi connectivity index (χ3n) is 14.0. The zero-order valence-corrected chi connectivity index (χ0v) is 55.9. The molecule has 0 aliphatic heterocycles. The van der Waals surface area contributed by atoms with Crippen molar-refractivity contribution in [2.45, 2.75) is 257 Å². The number of quaternary nitrogens is 1. The molecular weight excluding hydrogens is 1080 g/mol. The van der Waals surface area contributed by atoms with Crippen molar-refractivity contribution in [3.8, 4) is 0 Å². The third kappa shape index (κ3) is 68.0. The number of rotatable bonds is 61. The number of allylic oxidation sites excluding steroid dienone is 28. The van der Waals surface area contributed by atoms with E-state index in [1.807, 2.05) is 21.1 Å². The number of carbonyl (C=O) groups is 3. The van der Waals surface area contributed by atoms with Crippen LogP contribution in [0.4, 0.5) is 0 Å². The zero-order chi connectivity index (χ0) is 63.3. The van der Waals surface area contributed by atoms with Gasteiger partial charge in [0.05, 0.1) is 34.4 Å². The Morgan fingerprint density at radius 1 is 0.345 bits per heavy atom. The summed E-state index contributed by atoms with van der Waals surface area (Å²) < 4.78 is 22.9. The maximum absolute atomic E-state index is 12.9. The highest BCUT2D eigenvalue weighted by atomic mass is 16.7. The van der Waals surface area contributed by atoms with Gasteiger partial charge in [-0.15, -0.1) is 0 Å². The minimum Gasteiger partial charge on any atom is -0.477 e. The van der Waals surface area contributed by atoms with E-state index in [4.69, 9.17) is 18.9 Å². The van der Waals surface area contributed by atoms with Crippen LogP contribution in [0.25, 0.3) is 0 Å². The van der Waals surface area contributed by atoms with Crippen LogP contribution in [0.5, 0.6) is 0 Å². The molecule has 0 heterocycles. The Morgan fingerprint density at radius 3 is 0.920 bits per heavy atom. The Bertz CT molecular complexity index is 2030. The van der Waals surface area contributed by atoms with Gasteiger partial charge in [0.25, 0.3) is 6.29 Å². The monoisotopic (exact) mass is 1200 g/mol. The smallest absolute Gasteiger partial charge is 0.361 e. The van der Waals surface area contributed by atoms with Crippen LogP contribution in [0, 0.1) is 0 Å². The average molecular weight is 1210 g/mol. The van der Waals surface area contributed by atoms with E-state index in [0.29, 0.717) is 17.4 Å². The fourth-order valence-electron chi connectivity index (χ4n) is 8.80. The summed E-state index contributed by atoms with van der Waals surface area (Å²) in [5, 5.41) is 9.75. The van der Waals surface area contributed by atoms with Gasteiger partial charge in [-0.25, -0.2) is 4.79 Å². The molecular formula is C78H126NO8+. The minimum absolute atomic E-state index is 0.174. The van der Waals surface area contributed by atoms with Crippen LogP contribution >= 0.6 is 0 Å². The van der Waals surface area contributed by atoms with Crippen LogP contribution in [-0.2, 0) is 33.3 Å². The predicted molar refractivity (Wildman–Crippen MR) is 373 cm³/mol. The van der Waals surface area contributed by atoms with E-state index in [9.17, 15) is 19.5 Å². The number of carboxylic acids is 1. The lowest BCUT2D eigenvalue weighted by atomic mass is 10.0. The quantitative estimate of drug-likeness (QED) is 0.0211. The van der Waals surface area contributed by atoms with Crippen molar-refractivity contribution >= 4 is 17.9 Å². The van der Waals surface area contributed by atoms with E-state index in [1.165, 1.54) is 70.6 Å². The number of nitrogens with zero attached hydrogens (tertiary/aromatic N) is 1. The molecule has 0 bridgehead atoms. The number of carbonyl (C=O) groups excluding carboxylic acids is 2. The normalized spacial score (nSPS) is 13.8. The van der Waals surface area contributed by atoms with E-state index in [-0.39, 0.29) is 38.6 Å². The lowest BCUT2D eigenvalue weighted by molar-refractivity contribution is -0.870. The van der Waals surface area contributed by atoms with Crippen LogP contribution in [0.2, 0.25) is 0 Å². The molecule has 0 fully saturated rings. The molecule has 0 aliphatic rings. The summed E-state index contributed by atoms with van der Waals surface area (Å²) >= 11 is 0. The summed E-state index contributed by atoms with van der Waals surface area (Å²) in [7, 11) is 5.96. The molecule has 0 aromatic rings. The first kappa shape index (κ1) is 81.7. The molecule has 2 unspecified atom stereocenters. The molecule has 2 atom stereocenters. The summed E-state index contributed by atoms with van der Waals surface area (Å²) in [6.45, 7) is 4.61. The summed E-state index contributed by atoms with van der Waals surface area (Å²) in [5.74, 6) is -2.05. The Kier molecular flexibility index (Phi) is 62.5. The SMILES string of the molecule is CC/C=C\C/C=C\C/C=C\C/C=C\C/C=C\C/C=C\C/C=C\C/C=C\C/C=C\CCCCCCCC(=O)OC(COC(=O)CCCCCCCCCCCCCCC/C=C\C/C=C\C/C=C\C/C=C\C/C=C\CC)COC(OCC[N+](C)(C)C)C(=O)O. The molecule has 0 amide bonds. The highest BCUT2D eigenvalue weighted by molar-refractivity contribution is 5.71. The Morgan fingerprint density at radius 2 is 0.621 bits per heavy atom. The molecule has 490 valence electrons. The first-order valence-electron chi connectivity index (χ1n) is 34.3. The summed E-state index contributed by atoms with van der Waals surface area (Å²) in [6.07, 6.45) is 97.3. The largest absolute Gasteiger partial charge is 0.477 e. The molecule has 0 saturated carbocycles. The van der Waals surface area contributed by atoms with Gasteiger partial charge in [0, 0.05) is 12.8 Å². The molecule has 0 rings (SSSR count). The van der Waals surface area contributed by atoms with E-state index in [0.717, 1.165) is 141 Å². The molecule has 0 aliphatic carbocycles. The Labute approximate surface area is 533 Å². The first-order chi connectivity index (χ1) is 42.6. The third-order valence-corrected chi connectivity index (χ3v) is 14.0. The van der Waals surface area contributed by atoms with Crippen molar-refractivity contribution in [3.63, 3.8) is 0 Å². The lowest BCUT2D eigenvalue weighted by Crippen LogP contribution is -2.40. The van der Waals surface area contributed by atoms with Crippen molar-refractivity contribution in [2.75, 3.05) is 47.5 Å². The maximum atomic E-state index is 12.9. The van der Waals surface area contributed by atoms with Crippen LogP contribution in [0.3, 0.4) is 0 Å². The second-order valence-electron chi connectivity index (χ2n) is 23.4. The van der Waals surface area contributed by atoms with Crippen molar-refractivity contribution in [1.82, 2.24) is 0 Å². The predicted octanol–water partition coefficient (Wildman–Crippen LogP) is 21.5. The van der Waals surface area contributed by atoms with Crippen LogP contribution in [-0.4, -0.2) is 87.4 Å². The standard InChI is InChI=1S/C78H125NO8/c1-6-8-10-12-14-16-18-20-22-24-26-28-30-32-34-36-37-38-39-41-43-45-47-49-51-53-55-57-59-61-63-65-67-69-76(81)87-74(73-86-78(77(82)83)84-71-70-79(3,4)5)72-85-75(80)68-66-64-62-60-58-56-54-52-50-48-46-44-42-40-35-33-31-29-27-25-23-21-19-17-15-13-11-9-7-2/h8-11,14-17,20-23,26-29,32-35,37-38,41,43,47,49,53,55,74,78H,6-7,12-13,18-19,24-25,30-31,36,39-40,42,44-46,48,50-52,54,56-73H2,1-5H3/p+1/b10-8-,11-9-,16-14-,17-15-,22-20-,23-21-,28-26-,29-27-,34-32-,35-33-,38-37-,43-41-,49-47-,55-53-.